The van der Waals surface area contributed by atoms with Crippen molar-refractivity contribution in [3.63, 3.8) is 0 Å². The molecule has 1 aliphatic rings. The van der Waals surface area contributed by atoms with Crippen molar-refractivity contribution >= 4 is 6.08 Å². The van der Waals surface area contributed by atoms with Crippen LogP contribution in [0.4, 0.5) is 0 Å². The third-order valence-electron chi connectivity index (χ3n) is 2.56. The van der Waals surface area contributed by atoms with E-state index in [0.29, 0.717) is 5.92 Å². The normalized spacial score (nSPS) is 22.7. The summed E-state index contributed by atoms with van der Waals surface area (Å²) >= 11 is 0. The van der Waals surface area contributed by atoms with Gasteiger partial charge in [-0.25, -0.2) is 0 Å². The Bertz CT molecular complexity index is 283. The first-order valence-corrected chi connectivity index (χ1v) is 5.26. The maximum absolute atomic E-state index is 5.42. The van der Waals surface area contributed by atoms with Crippen LogP contribution in [0, 0.1) is 5.92 Å². The fourth-order valence-corrected chi connectivity index (χ4v) is 1.73. The van der Waals surface area contributed by atoms with Crippen LogP contribution in [0.3, 0.4) is 0 Å². The van der Waals surface area contributed by atoms with Gasteiger partial charge in [0.1, 0.15) is 0 Å². The quantitative estimate of drug-likeness (QED) is 0.693. The van der Waals surface area contributed by atoms with Gasteiger partial charge in [0.25, 0.3) is 0 Å². The summed E-state index contributed by atoms with van der Waals surface area (Å²) in [5.74, 6) is 0.615. The second-order valence-corrected chi connectivity index (χ2v) is 3.75. The van der Waals surface area contributed by atoms with Crippen molar-refractivity contribution in [1.29, 1.82) is 0 Å². The summed E-state index contributed by atoms with van der Waals surface area (Å²) in [5, 5.41) is 0. The third-order valence-corrected chi connectivity index (χ3v) is 2.56. The highest BCUT2D eigenvalue weighted by atomic mass is 16.5. The predicted octanol–water partition coefficient (Wildman–Crippen LogP) is 3.13. The van der Waals surface area contributed by atoms with E-state index in [0.717, 1.165) is 13.2 Å². The van der Waals surface area contributed by atoms with Gasteiger partial charge < -0.3 is 4.74 Å². The van der Waals surface area contributed by atoms with Gasteiger partial charge in [-0.05, 0) is 18.4 Å². The molecule has 2 rings (SSSR count). The Hall–Kier alpha value is -1.08. The topological polar surface area (TPSA) is 9.23 Å². The van der Waals surface area contributed by atoms with E-state index < -0.39 is 0 Å². The molecular weight excluding hydrogens is 172 g/mol. The molecule has 1 aliphatic heterocycles. The number of rotatable bonds is 2. The fraction of sp³-hybridized carbons (Fsp3) is 0.385. The van der Waals surface area contributed by atoms with Gasteiger partial charge in [0.2, 0.25) is 0 Å². The van der Waals surface area contributed by atoms with Crippen LogP contribution in [0.1, 0.15) is 18.4 Å². The van der Waals surface area contributed by atoms with Gasteiger partial charge in [-0.2, -0.15) is 0 Å². The molecule has 0 N–H and O–H groups in total. The predicted molar refractivity (Wildman–Crippen MR) is 59.0 cm³/mol. The van der Waals surface area contributed by atoms with E-state index in [1.165, 1.54) is 18.4 Å². The van der Waals surface area contributed by atoms with Crippen LogP contribution < -0.4 is 0 Å². The maximum atomic E-state index is 5.42. The van der Waals surface area contributed by atoms with Gasteiger partial charge in [0.05, 0.1) is 6.61 Å². The minimum absolute atomic E-state index is 0.615. The summed E-state index contributed by atoms with van der Waals surface area (Å²) in [6, 6.07) is 10.4. The molecule has 1 heteroatoms. The molecule has 1 unspecified atom stereocenters. The van der Waals surface area contributed by atoms with Crippen molar-refractivity contribution in [1.82, 2.24) is 0 Å². The standard InChI is InChI=1S/C13H16O/c1-2-5-12(6-3-1)8-9-13-7-4-10-14-11-13/h1-3,5-6,8-9,13H,4,7,10-11H2/b9-8+. The molecule has 0 radical (unpaired) electrons. The average Bonchev–Trinajstić information content (AvgIpc) is 2.29. The molecule has 0 amide bonds. The highest BCUT2D eigenvalue weighted by molar-refractivity contribution is 5.48. The molecule has 1 nitrogen and oxygen atoms in total. The molecular formula is C13H16O. The van der Waals surface area contributed by atoms with Crippen molar-refractivity contribution < 1.29 is 4.74 Å². The fourth-order valence-electron chi connectivity index (χ4n) is 1.73. The van der Waals surface area contributed by atoms with Crippen LogP contribution in [-0.2, 0) is 4.74 Å². The summed E-state index contributed by atoms with van der Waals surface area (Å²) in [6.45, 7) is 1.83. The van der Waals surface area contributed by atoms with E-state index in [2.05, 4.69) is 36.4 Å². The first-order valence-electron chi connectivity index (χ1n) is 5.26. The molecule has 0 aromatic heterocycles. The van der Waals surface area contributed by atoms with E-state index in [9.17, 15) is 0 Å². The average molecular weight is 188 g/mol. The second kappa shape index (κ2) is 4.97. The zero-order valence-corrected chi connectivity index (χ0v) is 8.36. The van der Waals surface area contributed by atoms with Crippen LogP contribution in [0.25, 0.3) is 6.08 Å². The van der Waals surface area contributed by atoms with Gasteiger partial charge in [-0.1, -0.05) is 42.5 Å². The first kappa shape index (κ1) is 9.47. The van der Waals surface area contributed by atoms with Crippen LogP contribution in [-0.4, -0.2) is 13.2 Å². The Labute approximate surface area is 85.4 Å². The zero-order valence-electron chi connectivity index (χ0n) is 8.36. The maximum Gasteiger partial charge on any atom is 0.0528 e. The highest BCUT2D eigenvalue weighted by Crippen LogP contribution is 2.16. The number of hydrogen-bond acceptors (Lipinski definition) is 1. The molecule has 74 valence electrons. The zero-order chi connectivity index (χ0) is 9.64. The lowest BCUT2D eigenvalue weighted by Crippen LogP contribution is -2.14. The van der Waals surface area contributed by atoms with E-state index in [1.807, 2.05) is 6.07 Å². The summed E-state index contributed by atoms with van der Waals surface area (Å²) in [5.41, 5.74) is 1.28. The lowest BCUT2D eigenvalue weighted by Gasteiger charge is -2.18. The van der Waals surface area contributed by atoms with Crippen LogP contribution in [0.5, 0.6) is 0 Å². The lowest BCUT2D eigenvalue weighted by molar-refractivity contribution is 0.0713. The Kier molecular flexibility index (Phi) is 3.36. The molecule has 1 fully saturated rings. The third kappa shape index (κ3) is 2.71. The largest absolute Gasteiger partial charge is 0.381 e. The molecule has 14 heavy (non-hydrogen) atoms. The summed E-state index contributed by atoms with van der Waals surface area (Å²) in [4.78, 5) is 0. The van der Waals surface area contributed by atoms with Crippen LogP contribution in [0.2, 0.25) is 0 Å². The molecule has 0 bridgehead atoms. The van der Waals surface area contributed by atoms with Crippen molar-refractivity contribution in [3.05, 3.63) is 42.0 Å². The highest BCUT2D eigenvalue weighted by Gasteiger charge is 2.09. The van der Waals surface area contributed by atoms with E-state index >= 15 is 0 Å². The van der Waals surface area contributed by atoms with Crippen molar-refractivity contribution in [2.45, 2.75) is 12.8 Å². The second-order valence-electron chi connectivity index (χ2n) is 3.75. The summed E-state index contributed by atoms with van der Waals surface area (Å²) in [7, 11) is 0. The number of hydrogen-bond donors (Lipinski definition) is 0. The molecule has 0 spiro atoms. The van der Waals surface area contributed by atoms with Crippen molar-refractivity contribution in [2.75, 3.05) is 13.2 Å². The molecule has 0 aliphatic carbocycles. The molecule has 1 atom stereocenters. The number of ether oxygens (including phenoxy) is 1. The van der Waals surface area contributed by atoms with Gasteiger partial charge in [-0.3, -0.25) is 0 Å². The first-order chi connectivity index (χ1) is 6.95. The minimum atomic E-state index is 0.615. The van der Waals surface area contributed by atoms with Crippen molar-refractivity contribution in [3.8, 4) is 0 Å². The Morgan fingerprint density at radius 1 is 1.21 bits per heavy atom. The summed E-state index contributed by atoms with van der Waals surface area (Å²) < 4.78 is 5.42. The minimum Gasteiger partial charge on any atom is -0.381 e. The van der Waals surface area contributed by atoms with Gasteiger partial charge in [0, 0.05) is 12.5 Å². The lowest BCUT2D eigenvalue weighted by atomic mass is 10.0. The molecule has 1 heterocycles. The monoisotopic (exact) mass is 188 g/mol. The smallest absolute Gasteiger partial charge is 0.0528 e. The van der Waals surface area contributed by atoms with E-state index in [4.69, 9.17) is 4.74 Å². The SMILES string of the molecule is C(=C\C1CCCOC1)/c1ccccc1. The molecule has 1 aromatic rings. The Morgan fingerprint density at radius 3 is 2.79 bits per heavy atom. The van der Waals surface area contributed by atoms with Crippen LogP contribution >= 0.6 is 0 Å². The van der Waals surface area contributed by atoms with Gasteiger partial charge >= 0.3 is 0 Å². The van der Waals surface area contributed by atoms with Gasteiger partial charge in [0.15, 0.2) is 0 Å². The molecule has 1 saturated heterocycles. The van der Waals surface area contributed by atoms with E-state index in [1.54, 1.807) is 0 Å². The van der Waals surface area contributed by atoms with Crippen LogP contribution in [0.15, 0.2) is 36.4 Å². The summed E-state index contributed by atoms with van der Waals surface area (Å²) in [6.07, 6.45) is 6.93. The van der Waals surface area contributed by atoms with Gasteiger partial charge in [-0.15, -0.1) is 0 Å². The number of benzene rings is 1. The van der Waals surface area contributed by atoms with Crippen molar-refractivity contribution in [2.24, 2.45) is 5.92 Å². The molecule has 1 aromatic carbocycles. The van der Waals surface area contributed by atoms with E-state index in [-0.39, 0.29) is 0 Å². The Morgan fingerprint density at radius 2 is 2.07 bits per heavy atom. The molecule has 0 saturated carbocycles. The Balaban J connectivity index is 1.93.